The summed E-state index contributed by atoms with van der Waals surface area (Å²) in [7, 11) is 1.27. The fourth-order valence-corrected chi connectivity index (χ4v) is 4.02. The molecule has 2 aromatic carbocycles. The molecule has 146 valence electrons. The van der Waals surface area contributed by atoms with Gasteiger partial charge < -0.3 is 18.9 Å². The van der Waals surface area contributed by atoms with Crippen LogP contribution in [0.25, 0.3) is 0 Å². The highest BCUT2D eigenvalue weighted by atomic mass is 35.5. The number of methoxy groups -OCH3 is 1. The summed E-state index contributed by atoms with van der Waals surface area (Å²) < 4.78 is 22.4. The van der Waals surface area contributed by atoms with E-state index in [0.717, 1.165) is 0 Å². The molecule has 0 aliphatic carbocycles. The molecule has 0 bridgehead atoms. The summed E-state index contributed by atoms with van der Waals surface area (Å²) in [5.74, 6) is 2.23. The van der Waals surface area contributed by atoms with Gasteiger partial charge in [0.25, 0.3) is 0 Å². The summed E-state index contributed by atoms with van der Waals surface area (Å²) in [5, 5.41) is 1.04. The second kappa shape index (κ2) is 10.4. The van der Waals surface area contributed by atoms with Crippen LogP contribution in [0.2, 0.25) is 5.02 Å². The van der Waals surface area contributed by atoms with E-state index in [4.69, 9.17) is 30.5 Å². The molecule has 2 aromatic rings. The Balaban J connectivity index is 2.48. The smallest absolute Gasteiger partial charge is 0.191 e. The van der Waals surface area contributed by atoms with E-state index in [-0.39, 0.29) is 14.1 Å². The number of carbonyl (C=O) groups excluding carboxylic acids is 1. The molecule has 5 nitrogen and oxygen atoms in total. The third-order valence-corrected chi connectivity index (χ3v) is 5.15. The first-order valence-corrected chi connectivity index (χ1v) is 10.1. The van der Waals surface area contributed by atoms with Crippen LogP contribution in [0.1, 0.15) is 31.1 Å². The van der Waals surface area contributed by atoms with E-state index >= 15 is 0 Å². The summed E-state index contributed by atoms with van der Waals surface area (Å²) in [4.78, 5) is 13.0. The average molecular weight is 411 g/mol. The average Bonchev–Trinajstić information content (AvgIpc) is 2.64. The van der Waals surface area contributed by atoms with Crippen molar-refractivity contribution in [2.45, 2.75) is 20.8 Å². The van der Waals surface area contributed by atoms with Gasteiger partial charge in [-0.15, -0.1) is 0 Å². The van der Waals surface area contributed by atoms with E-state index < -0.39 is 0 Å². The van der Waals surface area contributed by atoms with Gasteiger partial charge >= 0.3 is 0 Å². The second-order valence-corrected chi connectivity index (χ2v) is 6.98. The van der Waals surface area contributed by atoms with Crippen molar-refractivity contribution in [3.8, 4) is 23.0 Å². The largest absolute Gasteiger partial charge is 0.496 e. The lowest BCUT2D eigenvalue weighted by atomic mass is 10.2. The van der Waals surface area contributed by atoms with Crippen molar-refractivity contribution >= 4 is 31.0 Å². The molecule has 0 amide bonds. The Morgan fingerprint density at radius 2 is 1.56 bits per heavy atom. The number of halogens is 1. The van der Waals surface area contributed by atoms with Gasteiger partial charge in [-0.3, -0.25) is 4.79 Å². The van der Waals surface area contributed by atoms with Gasteiger partial charge in [-0.25, -0.2) is 0 Å². The summed E-state index contributed by atoms with van der Waals surface area (Å²) in [6.07, 6.45) is 0. The Kier molecular flexibility index (Phi) is 8.21. The highest BCUT2D eigenvalue weighted by molar-refractivity contribution is 7.66. The third kappa shape index (κ3) is 5.27. The number of carbonyl (C=O) groups is 1. The van der Waals surface area contributed by atoms with Gasteiger partial charge in [-0.1, -0.05) is 17.7 Å². The summed E-state index contributed by atoms with van der Waals surface area (Å²) in [5.41, 5.74) is 0.210. The van der Waals surface area contributed by atoms with Gasteiger partial charge in [-0.2, -0.15) is 0 Å². The molecule has 0 aromatic heterocycles. The van der Waals surface area contributed by atoms with Gasteiger partial charge in [0.15, 0.2) is 5.52 Å². The highest BCUT2D eigenvalue weighted by Crippen LogP contribution is 2.38. The van der Waals surface area contributed by atoms with Crippen molar-refractivity contribution in [2.24, 2.45) is 0 Å². The Hall–Kier alpha value is -1.97. The number of ether oxygens (including phenoxy) is 4. The molecule has 0 aliphatic rings. The first-order chi connectivity index (χ1) is 13.0. The molecular formula is C20H24ClO5P. The predicted octanol–water partition coefficient (Wildman–Crippen LogP) is 4.69. The number of rotatable bonds is 10. The normalized spacial score (nSPS) is 10.9. The number of hydrogen-bond acceptors (Lipinski definition) is 5. The molecule has 0 saturated carbocycles. The fraction of sp³-hybridized carbons (Fsp3) is 0.350. The van der Waals surface area contributed by atoms with Crippen LogP contribution < -0.4 is 24.3 Å². The van der Waals surface area contributed by atoms with Gasteiger partial charge in [0.05, 0.1) is 42.8 Å². The van der Waals surface area contributed by atoms with Crippen molar-refractivity contribution in [3.05, 3.63) is 40.9 Å². The molecule has 1 unspecified atom stereocenters. The molecule has 0 radical (unpaired) electrons. The van der Waals surface area contributed by atoms with Gasteiger partial charge in [0.2, 0.25) is 0 Å². The van der Waals surface area contributed by atoms with E-state index in [1.807, 2.05) is 20.8 Å². The molecule has 0 N–H and O–H groups in total. The summed E-state index contributed by atoms with van der Waals surface area (Å²) >= 11 is 6.26. The molecule has 27 heavy (non-hydrogen) atoms. The molecule has 0 spiro atoms. The van der Waals surface area contributed by atoms with E-state index in [9.17, 15) is 4.79 Å². The monoisotopic (exact) mass is 410 g/mol. The Bertz CT molecular complexity index is 767. The molecule has 1 atom stereocenters. The van der Waals surface area contributed by atoms with Crippen LogP contribution in [0.3, 0.4) is 0 Å². The second-order valence-electron chi connectivity index (χ2n) is 5.36. The molecule has 0 saturated heterocycles. The van der Waals surface area contributed by atoms with Crippen molar-refractivity contribution in [1.29, 1.82) is 0 Å². The van der Waals surface area contributed by atoms with Crippen molar-refractivity contribution < 1.29 is 23.7 Å². The maximum absolute atomic E-state index is 13.0. The SMILES string of the molecule is CCOc1cc(OCC)c(PC(=O)c2c(Cl)cccc2OC)c(OCC)c1. The molecule has 2 rings (SSSR count). The minimum Gasteiger partial charge on any atom is -0.496 e. The van der Waals surface area contributed by atoms with Crippen molar-refractivity contribution in [1.82, 2.24) is 0 Å². The van der Waals surface area contributed by atoms with Crippen LogP contribution in [0.5, 0.6) is 23.0 Å². The maximum Gasteiger partial charge on any atom is 0.191 e. The van der Waals surface area contributed by atoms with Crippen LogP contribution in [0.4, 0.5) is 0 Å². The first kappa shape index (κ1) is 21.3. The topological polar surface area (TPSA) is 54.0 Å². The molecule has 0 aliphatic heterocycles. The Morgan fingerprint density at radius 3 is 2.07 bits per heavy atom. The Morgan fingerprint density at radius 1 is 0.963 bits per heavy atom. The summed E-state index contributed by atoms with van der Waals surface area (Å²) in [6.45, 7) is 7.13. The van der Waals surface area contributed by atoms with E-state index in [1.165, 1.54) is 7.11 Å². The van der Waals surface area contributed by atoms with Gasteiger partial charge in [-0.05, 0) is 41.5 Å². The lowest BCUT2D eigenvalue weighted by Crippen LogP contribution is -2.13. The van der Waals surface area contributed by atoms with E-state index in [1.54, 1.807) is 30.3 Å². The fourth-order valence-electron chi connectivity index (χ4n) is 2.55. The van der Waals surface area contributed by atoms with Gasteiger partial charge in [0, 0.05) is 12.1 Å². The predicted molar refractivity (Wildman–Crippen MR) is 110 cm³/mol. The quantitative estimate of drug-likeness (QED) is 0.532. The van der Waals surface area contributed by atoms with Gasteiger partial charge in [0.1, 0.15) is 23.0 Å². The highest BCUT2D eigenvalue weighted by Gasteiger charge is 2.22. The van der Waals surface area contributed by atoms with E-state index in [2.05, 4.69) is 0 Å². The van der Waals surface area contributed by atoms with Crippen molar-refractivity contribution in [3.63, 3.8) is 0 Å². The lowest BCUT2D eigenvalue weighted by Gasteiger charge is -2.17. The minimum atomic E-state index is -0.242. The van der Waals surface area contributed by atoms with Crippen LogP contribution in [0.15, 0.2) is 30.3 Å². The zero-order valence-corrected chi connectivity index (χ0v) is 17.7. The molecule has 0 heterocycles. The standard InChI is InChI=1S/C20H24ClO5P/c1-5-24-13-11-16(25-6-2)19(17(12-13)26-7-3)27-20(22)18-14(21)9-8-10-15(18)23-4/h8-12,27H,5-7H2,1-4H3. The van der Waals surface area contributed by atoms with Crippen LogP contribution >= 0.6 is 20.2 Å². The third-order valence-electron chi connectivity index (χ3n) is 3.61. The lowest BCUT2D eigenvalue weighted by molar-refractivity contribution is 0.108. The summed E-state index contributed by atoms with van der Waals surface area (Å²) in [6, 6.07) is 8.71. The van der Waals surface area contributed by atoms with E-state index in [0.29, 0.717) is 58.7 Å². The zero-order chi connectivity index (χ0) is 19.8. The zero-order valence-electron chi connectivity index (χ0n) is 15.9. The molecular weight excluding hydrogens is 387 g/mol. The minimum absolute atomic E-state index is 0.150. The van der Waals surface area contributed by atoms with Crippen molar-refractivity contribution in [2.75, 3.05) is 26.9 Å². The van der Waals surface area contributed by atoms with Crippen LogP contribution in [-0.2, 0) is 0 Å². The molecule has 0 fully saturated rings. The first-order valence-electron chi connectivity index (χ1n) is 8.75. The number of hydrogen-bond donors (Lipinski definition) is 0. The van der Waals surface area contributed by atoms with Crippen LogP contribution in [-0.4, -0.2) is 32.5 Å². The Labute approximate surface area is 166 Å². The molecule has 7 heteroatoms. The number of benzene rings is 2. The van der Waals surface area contributed by atoms with Crippen LogP contribution in [0, 0.1) is 0 Å². The maximum atomic E-state index is 13.0.